The maximum absolute atomic E-state index is 11.7. The molecule has 0 radical (unpaired) electrons. The lowest BCUT2D eigenvalue weighted by Crippen LogP contribution is -2.50. The molecule has 1 unspecified atom stereocenters. The highest BCUT2D eigenvalue weighted by atomic mass is 16.5. The first kappa shape index (κ1) is 16.6. The summed E-state index contributed by atoms with van der Waals surface area (Å²) in [6.07, 6.45) is 1.79. The largest absolute Gasteiger partial charge is 0.468 e. The van der Waals surface area contributed by atoms with Gasteiger partial charge in [-0.2, -0.15) is 0 Å². The summed E-state index contributed by atoms with van der Waals surface area (Å²) in [5.41, 5.74) is 1.15. The molecule has 0 aromatic heterocycles. The van der Waals surface area contributed by atoms with Crippen LogP contribution in [0.2, 0.25) is 0 Å². The lowest BCUT2D eigenvalue weighted by molar-refractivity contribution is -0.152. The zero-order valence-corrected chi connectivity index (χ0v) is 13.2. The first-order chi connectivity index (χ1) is 10.6. The number of rotatable bonds is 6. The number of nitrogens with zero attached hydrogens (tertiary/aromatic N) is 1. The molecule has 0 spiro atoms. The van der Waals surface area contributed by atoms with Crippen LogP contribution in [0.15, 0.2) is 30.3 Å². The van der Waals surface area contributed by atoms with E-state index >= 15 is 0 Å². The fraction of sp³-hybridized carbons (Fsp3) is 0.529. The fourth-order valence-electron chi connectivity index (χ4n) is 2.77. The van der Waals surface area contributed by atoms with Crippen molar-refractivity contribution in [2.75, 3.05) is 20.2 Å². The number of hydrogen-bond acceptors (Lipinski definition) is 5. The zero-order chi connectivity index (χ0) is 15.9. The average molecular weight is 305 g/mol. The van der Waals surface area contributed by atoms with Crippen LogP contribution in [0.4, 0.5) is 0 Å². The van der Waals surface area contributed by atoms with E-state index in [0.29, 0.717) is 19.7 Å². The lowest BCUT2D eigenvalue weighted by atomic mass is 10.0. The number of ketones is 1. The van der Waals surface area contributed by atoms with E-state index in [4.69, 9.17) is 9.47 Å². The number of hydrogen-bond donors (Lipinski definition) is 0. The molecule has 5 nitrogen and oxygen atoms in total. The van der Waals surface area contributed by atoms with Crippen LogP contribution >= 0.6 is 0 Å². The molecular weight excluding hydrogens is 282 g/mol. The molecule has 0 bridgehead atoms. The molecule has 1 fully saturated rings. The molecule has 1 atom stereocenters. The Morgan fingerprint density at radius 2 is 1.86 bits per heavy atom. The van der Waals surface area contributed by atoms with Crippen LogP contribution in [0.1, 0.15) is 25.3 Å². The normalized spacial score (nSPS) is 17.9. The molecule has 120 valence electrons. The molecule has 1 aliphatic rings. The van der Waals surface area contributed by atoms with Gasteiger partial charge in [0.2, 0.25) is 0 Å². The quantitative estimate of drug-likeness (QED) is 0.592. The number of carbonyl (C=O) groups is 2. The van der Waals surface area contributed by atoms with Gasteiger partial charge in [0.1, 0.15) is 0 Å². The molecule has 22 heavy (non-hydrogen) atoms. The minimum atomic E-state index is -0.778. The van der Waals surface area contributed by atoms with Crippen molar-refractivity contribution < 1.29 is 19.1 Å². The highest BCUT2D eigenvalue weighted by Gasteiger charge is 2.33. The fourth-order valence-corrected chi connectivity index (χ4v) is 2.77. The number of ether oxygens (including phenoxy) is 2. The lowest BCUT2D eigenvalue weighted by Gasteiger charge is -2.35. The van der Waals surface area contributed by atoms with Crippen LogP contribution in [0.3, 0.4) is 0 Å². The molecular formula is C17H23NO4. The van der Waals surface area contributed by atoms with Crippen LogP contribution in [-0.2, 0) is 25.7 Å². The van der Waals surface area contributed by atoms with Crippen molar-refractivity contribution >= 4 is 11.8 Å². The molecule has 1 aromatic carbocycles. The molecule has 0 saturated carbocycles. The number of methoxy groups -OCH3 is 1. The highest BCUT2D eigenvalue weighted by molar-refractivity contribution is 6.01. The Kier molecular flexibility index (Phi) is 6.10. The Hall–Kier alpha value is -1.72. The van der Waals surface area contributed by atoms with Crippen molar-refractivity contribution in [1.29, 1.82) is 0 Å². The van der Waals surface area contributed by atoms with Crippen LogP contribution < -0.4 is 0 Å². The van der Waals surface area contributed by atoms with Crippen LogP contribution in [0.25, 0.3) is 0 Å². The maximum Gasteiger partial charge on any atom is 0.330 e. The van der Waals surface area contributed by atoms with E-state index in [0.717, 1.165) is 18.4 Å². The number of carbonyl (C=O) groups excluding carboxylic acids is 2. The second-order valence-electron chi connectivity index (χ2n) is 5.57. The summed E-state index contributed by atoms with van der Waals surface area (Å²) in [5, 5.41) is 0. The van der Waals surface area contributed by atoms with Crippen molar-refractivity contribution in [3.8, 4) is 0 Å². The molecule has 0 aliphatic carbocycles. The topological polar surface area (TPSA) is 55.8 Å². The number of Topliss-reactive ketones (excluding diaryl/α,β-unsaturated/α-hetero) is 1. The van der Waals surface area contributed by atoms with E-state index in [1.165, 1.54) is 14.0 Å². The minimum Gasteiger partial charge on any atom is -0.468 e. The van der Waals surface area contributed by atoms with Gasteiger partial charge in [-0.3, -0.25) is 9.69 Å². The SMILES string of the molecule is COC(=O)C(C(C)=O)N1CCC(OCc2ccccc2)CC1. The molecule has 1 saturated heterocycles. The van der Waals surface area contributed by atoms with E-state index in [1.807, 2.05) is 35.2 Å². The summed E-state index contributed by atoms with van der Waals surface area (Å²) in [6, 6.07) is 9.28. The van der Waals surface area contributed by atoms with E-state index in [1.54, 1.807) is 0 Å². The van der Waals surface area contributed by atoms with E-state index in [2.05, 4.69) is 0 Å². The van der Waals surface area contributed by atoms with Crippen LogP contribution in [0.5, 0.6) is 0 Å². The molecule has 2 rings (SSSR count). The van der Waals surface area contributed by atoms with Gasteiger partial charge in [0, 0.05) is 13.1 Å². The molecule has 1 heterocycles. The van der Waals surface area contributed by atoms with Gasteiger partial charge < -0.3 is 9.47 Å². The Morgan fingerprint density at radius 3 is 2.41 bits per heavy atom. The Morgan fingerprint density at radius 1 is 1.23 bits per heavy atom. The third-order valence-electron chi connectivity index (χ3n) is 3.98. The number of piperidine rings is 1. The zero-order valence-electron chi connectivity index (χ0n) is 13.2. The summed E-state index contributed by atoms with van der Waals surface area (Å²) >= 11 is 0. The molecule has 5 heteroatoms. The van der Waals surface area contributed by atoms with Crippen molar-refractivity contribution in [2.45, 2.75) is 38.5 Å². The van der Waals surface area contributed by atoms with Gasteiger partial charge in [-0.15, -0.1) is 0 Å². The first-order valence-electron chi connectivity index (χ1n) is 7.59. The standard InChI is InChI=1S/C17H23NO4/c1-13(19)16(17(20)21-2)18-10-8-15(9-11-18)22-12-14-6-4-3-5-7-14/h3-7,15-16H,8-12H2,1-2H3. The van der Waals surface area contributed by atoms with E-state index in [-0.39, 0.29) is 11.9 Å². The second-order valence-corrected chi connectivity index (χ2v) is 5.57. The summed E-state index contributed by atoms with van der Waals surface area (Å²) in [6.45, 7) is 3.36. The highest BCUT2D eigenvalue weighted by Crippen LogP contribution is 2.18. The minimum absolute atomic E-state index is 0.168. The summed E-state index contributed by atoms with van der Waals surface area (Å²) in [4.78, 5) is 25.3. The van der Waals surface area contributed by atoms with E-state index in [9.17, 15) is 9.59 Å². The van der Waals surface area contributed by atoms with Gasteiger partial charge in [-0.25, -0.2) is 4.79 Å². The van der Waals surface area contributed by atoms with Gasteiger partial charge in [0.15, 0.2) is 11.8 Å². The molecule has 0 N–H and O–H groups in total. The third kappa shape index (κ3) is 4.39. The van der Waals surface area contributed by atoms with Crippen molar-refractivity contribution in [3.05, 3.63) is 35.9 Å². The summed E-state index contributed by atoms with van der Waals surface area (Å²) < 4.78 is 10.6. The first-order valence-corrected chi connectivity index (χ1v) is 7.59. The average Bonchev–Trinajstić information content (AvgIpc) is 2.54. The second kappa shape index (κ2) is 8.06. The summed E-state index contributed by atoms with van der Waals surface area (Å²) in [5.74, 6) is -0.647. The van der Waals surface area contributed by atoms with Gasteiger partial charge in [-0.1, -0.05) is 30.3 Å². The Bertz CT molecular complexity index is 495. The van der Waals surface area contributed by atoms with Gasteiger partial charge in [0.05, 0.1) is 19.8 Å². The van der Waals surface area contributed by atoms with Crippen molar-refractivity contribution in [1.82, 2.24) is 4.90 Å². The monoisotopic (exact) mass is 305 g/mol. The third-order valence-corrected chi connectivity index (χ3v) is 3.98. The maximum atomic E-state index is 11.7. The Labute approximate surface area is 131 Å². The molecule has 1 aromatic rings. The van der Waals surface area contributed by atoms with E-state index < -0.39 is 12.0 Å². The van der Waals surface area contributed by atoms with Gasteiger partial charge in [0.25, 0.3) is 0 Å². The van der Waals surface area contributed by atoms with Crippen molar-refractivity contribution in [3.63, 3.8) is 0 Å². The van der Waals surface area contributed by atoms with Gasteiger partial charge >= 0.3 is 5.97 Å². The predicted octanol–water partition coefficient (Wildman–Crippen LogP) is 1.80. The van der Waals surface area contributed by atoms with Gasteiger partial charge in [-0.05, 0) is 25.3 Å². The number of benzene rings is 1. The van der Waals surface area contributed by atoms with Crippen LogP contribution in [0, 0.1) is 0 Å². The Balaban J connectivity index is 1.82. The molecule has 0 amide bonds. The predicted molar refractivity (Wildman–Crippen MR) is 82.3 cm³/mol. The van der Waals surface area contributed by atoms with Crippen LogP contribution in [-0.4, -0.2) is 49.0 Å². The van der Waals surface area contributed by atoms with Crippen molar-refractivity contribution in [2.24, 2.45) is 0 Å². The summed E-state index contributed by atoms with van der Waals surface area (Å²) in [7, 11) is 1.31. The number of esters is 1. The number of likely N-dealkylation sites (tertiary alicyclic amines) is 1. The smallest absolute Gasteiger partial charge is 0.330 e. The molecule has 1 aliphatic heterocycles.